The van der Waals surface area contributed by atoms with Crippen LogP contribution < -0.4 is 10.9 Å². The van der Waals surface area contributed by atoms with Crippen LogP contribution in [0.2, 0.25) is 0 Å². The average Bonchev–Trinajstić information content (AvgIpc) is 3.19. The molecule has 4 rings (SSSR count). The zero-order valence-electron chi connectivity index (χ0n) is 19.3. The second-order valence-corrected chi connectivity index (χ2v) is 8.85. The molecule has 6 heteroatoms. The van der Waals surface area contributed by atoms with Crippen LogP contribution in [0.5, 0.6) is 5.75 Å². The van der Waals surface area contributed by atoms with E-state index in [0.717, 1.165) is 18.4 Å². The molecule has 32 heavy (non-hydrogen) atoms. The first-order chi connectivity index (χ1) is 15.2. The van der Waals surface area contributed by atoms with Crippen molar-refractivity contribution in [2.75, 3.05) is 6.54 Å². The van der Waals surface area contributed by atoms with Gasteiger partial charge >= 0.3 is 5.97 Å². The predicted octanol–water partition coefficient (Wildman–Crippen LogP) is 3.83. The van der Waals surface area contributed by atoms with Crippen molar-refractivity contribution in [1.82, 2.24) is 10.3 Å². The van der Waals surface area contributed by atoms with E-state index in [1.165, 1.54) is 52.4 Å². The van der Waals surface area contributed by atoms with Crippen LogP contribution in [0.15, 0.2) is 29.1 Å². The monoisotopic (exact) mass is 434 g/mol. The van der Waals surface area contributed by atoms with Gasteiger partial charge in [0.25, 0.3) is 0 Å². The first-order valence-corrected chi connectivity index (χ1v) is 11.0. The number of nitrogens with one attached hydrogen (secondary N) is 2. The van der Waals surface area contributed by atoms with Crippen LogP contribution in [-0.2, 0) is 22.4 Å². The third-order valence-corrected chi connectivity index (χ3v) is 7.01. The van der Waals surface area contributed by atoms with Gasteiger partial charge in [0.2, 0.25) is 5.56 Å². The van der Waals surface area contributed by atoms with Gasteiger partial charge in [-0.15, -0.1) is 0 Å². The summed E-state index contributed by atoms with van der Waals surface area (Å²) < 4.78 is 5.66. The van der Waals surface area contributed by atoms with Crippen molar-refractivity contribution in [3.63, 3.8) is 0 Å². The number of ether oxygens (including phenoxy) is 1. The zero-order valence-corrected chi connectivity index (χ0v) is 19.3. The highest BCUT2D eigenvalue weighted by molar-refractivity contribution is 5.87. The Hall–Kier alpha value is -3.12. The number of benzene rings is 2. The number of fused-ring (bicyclic) bond motifs is 2. The van der Waals surface area contributed by atoms with E-state index in [0.29, 0.717) is 17.4 Å². The number of aromatic amines is 1. The lowest BCUT2D eigenvalue weighted by Crippen LogP contribution is -2.34. The third kappa shape index (κ3) is 3.91. The van der Waals surface area contributed by atoms with E-state index in [2.05, 4.69) is 38.0 Å². The fraction of sp³-hybridized carbons (Fsp3) is 0.385. The molecular weight excluding hydrogens is 404 g/mol. The van der Waals surface area contributed by atoms with Crippen LogP contribution in [0.4, 0.5) is 0 Å². The number of phenols is 1. The van der Waals surface area contributed by atoms with Crippen molar-refractivity contribution in [2.24, 2.45) is 0 Å². The number of esters is 1. The van der Waals surface area contributed by atoms with Crippen LogP contribution in [0.1, 0.15) is 52.0 Å². The largest absolute Gasteiger partial charge is 0.506 e. The topological polar surface area (TPSA) is 91.4 Å². The smallest absolute Gasteiger partial charge is 0.303 e. The fourth-order valence-corrected chi connectivity index (χ4v) is 4.96. The van der Waals surface area contributed by atoms with E-state index in [1.54, 1.807) is 12.1 Å². The molecule has 0 saturated heterocycles. The van der Waals surface area contributed by atoms with Gasteiger partial charge in [-0.2, -0.15) is 0 Å². The Morgan fingerprint density at radius 3 is 2.28 bits per heavy atom. The van der Waals surface area contributed by atoms with Crippen LogP contribution in [0, 0.1) is 27.7 Å². The minimum atomic E-state index is -0.545. The number of hydrogen-bond donors (Lipinski definition) is 3. The molecular formula is C26H30N2O4. The summed E-state index contributed by atoms with van der Waals surface area (Å²) in [7, 11) is 0. The number of aromatic hydroxyl groups is 1. The van der Waals surface area contributed by atoms with E-state index < -0.39 is 6.10 Å². The summed E-state index contributed by atoms with van der Waals surface area (Å²) in [5.41, 5.74) is 9.12. The molecule has 0 spiro atoms. The lowest BCUT2D eigenvalue weighted by molar-refractivity contribution is -0.146. The summed E-state index contributed by atoms with van der Waals surface area (Å²) in [6, 6.07) is 6.59. The Morgan fingerprint density at radius 1 is 1.06 bits per heavy atom. The van der Waals surface area contributed by atoms with Gasteiger partial charge in [0.15, 0.2) is 0 Å². The van der Waals surface area contributed by atoms with Crippen molar-refractivity contribution in [3.8, 4) is 5.75 Å². The molecule has 1 aliphatic carbocycles. The van der Waals surface area contributed by atoms with Gasteiger partial charge < -0.3 is 20.1 Å². The Morgan fingerprint density at radius 2 is 1.69 bits per heavy atom. The van der Waals surface area contributed by atoms with Crippen LogP contribution in [-0.4, -0.2) is 28.6 Å². The van der Waals surface area contributed by atoms with Crippen molar-refractivity contribution >= 4 is 16.9 Å². The second-order valence-electron chi connectivity index (χ2n) is 8.85. The quantitative estimate of drug-likeness (QED) is 0.531. The number of aromatic nitrogens is 1. The molecule has 3 N–H and O–H groups in total. The standard InChI is InChI=1S/C26H30N2O4/c1-13-14(2)16(4)22-11-18(10-21(22)15(13)3)27-12-24(32-17(5)29)19-6-8-23(30)26-20(19)7-9-25(31)28-26/h6-9,18,24,27,30H,10-12H2,1-5H3,(H,28,31)/t24-/m1/s1. The van der Waals surface area contributed by atoms with Gasteiger partial charge in [0.1, 0.15) is 11.9 Å². The summed E-state index contributed by atoms with van der Waals surface area (Å²) in [6.07, 6.45) is 1.34. The second kappa shape index (κ2) is 8.43. The molecule has 0 amide bonds. The van der Waals surface area contributed by atoms with Crippen molar-refractivity contribution in [1.29, 1.82) is 0 Å². The van der Waals surface area contributed by atoms with Gasteiger partial charge in [-0.3, -0.25) is 9.59 Å². The SMILES string of the molecule is CC(=O)O[C@H](CNC1Cc2c(C)c(C)c(C)c(C)c2C1)c1ccc(O)c2[nH]c(=O)ccc12. The lowest BCUT2D eigenvalue weighted by Gasteiger charge is -2.22. The molecule has 168 valence electrons. The number of phenolic OH excluding ortho intramolecular Hbond substituents is 1. The molecule has 1 aromatic heterocycles. The van der Waals surface area contributed by atoms with Crippen molar-refractivity contribution in [3.05, 3.63) is 73.6 Å². The highest BCUT2D eigenvalue weighted by Crippen LogP contribution is 2.34. The Bertz CT molecular complexity index is 1240. The average molecular weight is 435 g/mol. The zero-order chi connectivity index (χ0) is 23.2. The van der Waals surface area contributed by atoms with Gasteiger partial charge in [0, 0.05) is 36.5 Å². The van der Waals surface area contributed by atoms with Crippen LogP contribution in [0.3, 0.4) is 0 Å². The number of carbonyl (C=O) groups is 1. The molecule has 0 saturated carbocycles. The Balaban J connectivity index is 1.61. The molecule has 0 fully saturated rings. The summed E-state index contributed by atoms with van der Waals surface area (Å²) in [5, 5.41) is 14.5. The Kier molecular flexibility index (Phi) is 5.82. The van der Waals surface area contributed by atoms with Gasteiger partial charge in [0.05, 0.1) is 5.52 Å². The number of H-pyrrole nitrogens is 1. The maximum Gasteiger partial charge on any atom is 0.303 e. The summed E-state index contributed by atoms with van der Waals surface area (Å²) in [6.45, 7) is 10.6. The van der Waals surface area contributed by atoms with E-state index in [1.807, 2.05) is 0 Å². The fourth-order valence-electron chi connectivity index (χ4n) is 4.96. The predicted molar refractivity (Wildman–Crippen MR) is 125 cm³/mol. The van der Waals surface area contributed by atoms with E-state index in [-0.39, 0.29) is 23.3 Å². The maximum absolute atomic E-state index is 11.9. The summed E-state index contributed by atoms with van der Waals surface area (Å²) >= 11 is 0. The normalized spacial score (nSPS) is 14.5. The molecule has 1 atom stereocenters. The number of rotatable bonds is 5. The molecule has 6 nitrogen and oxygen atoms in total. The number of hydrogen-bond acceptors (Lipinski definition) is 5. The molecule has 3 aromatic rings. The molecule has 1 heterocycles. The summed E-state index contributed by atoms with van der Waals surface area (Å²) in [5.74, 6) is -0.394. The lowest BCUT2D eigenvalue weighted by atomic mass is 9.90. The molecule has 0 aliphatic heterocycles. The third-order valence-electron chi connectivity index (χ3n) is 7.01. The van der Waals surface area contributed by atoms with Crippen LogP contribution >= 0.6 is 0 Å². The van der Waals surface area contributed by atoms with E-state index >= 15 is 0 Å². The maximum atomic E-state index is 11.9. The van der Waals surface area contributed by atoms with E-state index in [9.17, 15) is 14.7 Å². The van der Waals surface area contributed by atoms with Gasteiger partial charge in [-0.25, -0.2) is 0 Å². The molecule has 1 aliphatic rings. The van der Waals surface area contributed by atoms with E-state index in [4.69, 9.17) is 4.74 Å². The van der Waals surface area contributed by atoms with Gasteiger partial charge in [-0.1, -0.05) is 6.07 Å². The first kappa shape index (κ1) is 22.1. The van der Waals surface area contributed by atoms with Crippen molar-refractivity contribution in [2.45, 2.75) is 59.6 Å². The first-order valence-electron chi connectivity index (χ1n) is 11.0. The molecule has 2 aromatic carbocycles. The molecule has 0 bridgehead atoms. The minimum absolute atomic E-state index is 0.0149. The highest BCUT2D eigenvalue weighted by atomic mass is 16.5. The number of carbonyl (C=O) groups excluding carboxylic acids is 1. The summed E-state index contributed by atoms with van der Waals surface area (Å²) in [4.78, 5) is 26.3. The molecule has 0 radical (unpaired) electrons. The molecule has 0 unspecified atom stereocenters. The Labute approximate surface area is 187 Å². The number of pyridine rings is 1. The van der Waals surface area contributed by atoms with Gasteiger partial charge in [-0.05, 0) is 86.1 Å². The minimum Gasteiger partial charge on any atom is -0.506 e. The highest BCUT2D eigenvalue weighted by Gasteiger charge is 2.28. The van der Waals surface area contributed by atoms with Crippen LogP contribution in [0.25, 0.3) is 10.9 Å². The van der Waals surface area contributed by atoms with Crippen molar-refractivity contribution < 1.29 is 14.6 Å².